The van der Waals surface area contributed by atoms with Gasteiger partial charge in [-0.05, 0) is 43.9 Å². The van der Waals surface area contributed by atoms with Gasteiger partial charge in [-0.2, -0.15) is 5.06 Å². The third kappa shape index (κ3) is 1.57. The third-order valence-electron chi connectivity index (χ3n) is 6.39. The van der Waals surface area contributed by atoms with Gasteiger partial charge in [0.15, 0.2) is 5.78 Å². The number of fused-ring (bicyclic) bond motifs is 1. The number of carbonyl (C=O) groups is 2. The number of rotatable bonds is 0. The standard InChI is InChI=1S/C16H23NO4/c1-10-7-11-9-13(19)16-5-3-14(21-16)17(20)6-2-4-15(11,16)12(18)8-10/h10-11,14,20H,2-9H2,1H3/t10?,11-,14-,15+,16-/m0/s1. The van der Waals surface area contributed by atoms with E-state index in [1.165, 1.54) is 5.06 Å². The van der Waals surface area contributed by atoms with E-state index < -0.39 is 17.2 Å². The maximum atomic E-state index is 13.0. The maximum absolute atomic E-state index is 13.0. The Morgan fingerprint density at radius 3 is 2.86 bits per heavy atom. The Bertz CT molecular complexity index is 507. The fourth-order valence-corrected chi connectivity index (χ4v) is 5.58. The molecule has 1 N–H and O–H groups in total. The van der Waals surface area contributed by atoms with Crippen molar-refractivity contribution in [3.8, 4) is 0 Å². The molecule has 2 bridgehead atoms. The van der Waals surface area contributed by atoms with Gasteiger partial charge in [-0.3, -0.25) is 9.59 Å². The summed E-state index contributed by atoms with van der Waals surface area (Å²) in [5.41, 5.74) is -1.55. The largest absolute Gasteiger partial charge is 0.346 e. The van der Waals surface area contributed by atoms with Crippen LogP contribution in [0.25, 0.3) is 0 Å². The lowest BCUT2D eigenvalue weighted by Gasteiger charge is -2.49. The number of carbonyl (C=O) groups excluding carboxylic acids is 2. The number of nitrogens with zero attached hydrogens (tertiary/aromatic N) is 1. The van der Waals surface area contributed by atoms with E-state index in [4.69, 9.17) is 4.74 Å². The molecule has 116 valence electrons. The molecule has 4 fully saturated rings. The van der Waals surface area contributed by atoms with Crippen molar-refractivity contribution < 1.29 is 19.5 Å². The van der Waals surface area contributed by atoms with Crippen molar-refractivity contribution in [3.05, 3.63) is 0 Å². The fourth-order valence-electron chi connectivity index (χ4n) is 5.58. The Morgan fingerprint density at radius 1 is 1.24 bits per heavy atom. The van der Waals surface area contributed by atoms with E-state index in [0.29, 0.717) is 44.6 Å². The number of hydrogen-bond acceptors (Lipinski definition) is 5. The molecule has 5 nitrogen and oxygen atoms in total. The van der Waals surface area contributed by atoms with Crippen LogP contribution in [-0.2, 0) is 14.3 Å². The molecule has 0 aromatic carbocycles. The van der Waals surface area contributed by atoms with Gasteiger partial charge in [0.2, 0.25) is 0 Å². The monoisotopic (exact) mass is 293 g/mol. The van der Waals surface area contributed by atoms with E-state index >= 15 is 0 Å². The maximum Gasteiger partial charge on any atom is 0.166 e. The Morgan fingerprint density at radius 2 is 2.05 bits per heavy atom. The van der Waals surface area contributed by atoms with Gasteiger partial charge in [0, 0.05) is 19.4 Å². The molecule has 4 rings (SSSR count). The number of Topliss-reactive ketones (excluding diaryl/α,β-unsaturated/α-hetero) is 2. The van der Waals surface area contributed by atoms with Gasteiger partial charge in [-0.1, -0.05) is 6.92 Å². The van der Waals surface area contributed by atoms with Crippen molar-refractivity contribution in [1.82, 2.24) is 5.06 Å². The third-order valence-corrected chi connectivity index (χ3v) is 6.39. The van der Waals surface area contributed by atoms with Crippen LogP contribution in [0.15, 0.2) is 0 Å². The minimum absolute atomic E-state index is 0.104. The van der Waals surface area contributed by atoms with Crippen molar-refractivity contribution in [3.63, 3.8) is 0 Å². The average Bonchev–Trinajstić information content (AvgIpc) is 2.95. The van der Waals surface area contributed by atoms with Gasteiger partial charge in [0.05, 0.1) is 5.41 Å². The normalized spacial score (nSPS) is 50.5. The molecule has 2 spiro atoms. The van der Waals surface area contributed by atoms with Crippen LogP contribution in [0, 0.1) is 17.3 Å². The first-order chi connectivity index (χ1) is 9.99. The summed E-state index contributed by atoms with van der Waals surface area (Å²) in [5, 5.41) is 11.2. The van der Waals surface area contributed by atoms with Gasteiger partial charge < -0.3 is 9.94 Å². The molecular weight excluding hydrogens is 270 g/mol. The number of ketones is 2. The fraction of sp³-hybridized carbons (Fsp3) is 0.875. The van der Waals surface area contributed by atoms with Crippen LogP contribution in [-0.4, -0.2) is 40.2 Å². The van der Waals surface area contributed by atoms with Crippen molar-refractivity contribution in [2.75, 3.05) is 6.54 Å². The molecule has 0 radical (unpaired) electrons. The first-order valence-electron chi connectivity index (χ1n) is 8.19. The molecule has 0 aromatic rings. The number of hydroxylamine groups is 2. The molecule has 1 unspecified atom stereocenters. The Labute approximate surface area is 124 Å². The summed E-state index contributed by atoms with van der Waals surface area (Å²) >= 11 is 0. The molecule has 5 heteroatoms. The van der Waals surface area contributed by atoms with Crippen LogP contribution in [0.2, 0.25) is 0 Å². The lowest BCUT2D eigenvalue weighted by molar-refractivity contribution is -0.251. The van der Waals surface area contributed by atoms with Gasteiger partial charge >= 0.3 is 0 Å². The highest BCUT2D eigenvalue weighted by molar-refractivity contribution is 6.02. The van der Waals surface area contributed by atoms with Crippen molar-refractivity contribution in [2.24, 2.45) is 17.3 Å². The summed E-state index contributed by atoms with van der Waals surface area (Å²) in [7, 11) is 0. The Balaban J connectivity index is 1.83. The first kappa shape index (κ1) is 13.9. The first-order valence-corrected chi connectivity index (χ1v) is 8.19. The molecule has 21 heavy (non-hydrogen) atoms. The summed E-state index contributed by atoms with van der Waals surface area (Å²) in [5.74, 6) is 0.857. The van der Waals surface area contributed by atoms with Crippen LogP contribution in [0.1, 0.15) is 51.9 Å². The predicted octanol–water partition coefficient (Wildman–Crippen LogP) is 1.92. The Hall–Kier alpha value is -0.780. The minimum atomic E-state index is -0.943. The molecular formula is C16H23NO4. The van der Waals surface area contributed by atoms with Crippen molar-refractivity contribution in [2.45, 2.75) is 63.7 Å². The van der Waals surface area contributed by atoms with Crippen molar-refractivity contribution >= 4 is 11.6 Å². The van der Waals surface area contributed by atoms with Crippen LogP contribution in [0.4, 0.5) is 0 Å². The molecule has 2 aliphatic carbocycles. The minimum Gasteiger partial charge on any atom is -0.346 e. The second-order valence-electron chi connectivity index (χ2n) is 7.47. The topological polar surface area (TPSA) is 66.8 Å². The molecule has 2 saturated heterocycles. The van der Waals surface area contributed by atoms with Gasteiger partial charge in [0.1, 0.15) is 17.6 Å². The zero-order valence-electron chi connectivity index (χ0n) is 12.5. The number of hydrogen-bond donors (Lipinski definition) is 1. The molecule has 0 amide bonds. The zero-order valence-corrected chi connectivity index (χ0v) is 12.5. The van der Waals surface area contributed by atoms with Crippen LogP contribution >= 0.6 is 0 Å². The highest BCUT2D eigenvalue weighted by Gasteiger charge is 2.72. The van der Waals surface area contributed by atoms with Gasteiger partial charge in [-0.25, -0.2) is 0 Å². The molecule has 2 saturated carbocycles. The smallest absolute Gasteiger partial charge is 0.166 e. The van der Waals surface area contributed by atoms with Crippen molar-refractivity contribution in [1.29, 1.82) is 0 Å². The lowest BCUT2D eigenvalue weighted by Crippen LogP contribution is -2.59. The van der Waals surface area contributed by atoms with E-state index in [9.17, 15) is 14.8 Å². The summed E-state index contributed by atoms with van der Waals surface area (Å²) in [6.45, 7) is 2.63. The van der Waals surface area contributed by atoms with Crippen LogP contribution < -0.4 is 0 Å². The SMILES string of the molecule is CC1CC(=O)[C@]23CCCN(O)[C@@H]4CC[C@]2(O4)C(=O)C[C@@H]3C1. The average molecular weight is 293 g/mol. The van der Waals surface area contributed by atoms with Crippen LogP contribution in [0.3, 0.4) is 0 Å². The van der Waals surface area contributed by atoms with Gasteiger partial charge in [-0.15, -0.1) is 0 Å². The highest BCUT2D eigenvalue weighted by atomic mass is 16.6. The zero-order chi connectivity index (χ0) is 14.8. The summed E-state index contributed by atoms with van der Waals surface area (Å²) in [4.78, 5) is 25.8. The summed E-state index contributed by atoms with van der Waals surface area (Å²) in [6, 6.07) is 0. The second kappa shape index (κ2) is 4.37. The van der Waals surface area contributed by atoms with Gasteiger partial charge in [0.25, 0.3) is 0 Å². The van der Waals surface area contributed by atoms with E-state index in [1.807, 2.05) is 0 Å². The quantitative estimate of drug-likeness (QED) is 0.739. The molecule has 2 aliphatic heterocycles. The van der Waals surface area contributed by atoms with E-state index in [2.05, 4.69) is 6.92 Å². The second-order valence-corrected chi connectivity index (χ2v) is 7.47. The summed E-state index contributed by atoms with van der Waals surface area (Å²) in [6.07, 6.45) is 4.24. The molecule has 4 aliphatic rings. The van der Waals surface area contributed by atoms with E-state index in [1.54, 1.807) is 0 Å². The Kier molecular flexibility index (Phi) is 2.88. The summed E-state index contributed by atoms with van der Waals surface area (Å²) < 4.78 is 6.11. The predicted molar refractivity (Wildman–Crippen MR) is 73.5 cm³/mol. The lowest BCUT2D eigenvalue weighted by atomic mass is 9.56. The number of ether oxygens (including phenoxy) is 1. The van der Waals surface area contributed by atoms with E-state index in [-0.39, 0.29) is 17.5 Å². The molecule has 5 atom stereocenters. The highest BCUT2D eigenvalue weighted by Crippen LogP contribution is 2.63. The molecule has 2 heterocycles. The molecule has 0 aromatic heterocycles. The van der Waals surface area contributed by atoms with E-state index in [0.717, 1.165) is 12.8 Å². The van der Waals surface area contributed by atoms with Crippen LogP contribution in [0.5, 0.6) is 0 Å².